The van der Waals surface area contributed by atoms with E-state index in [1.54, 1.807) is 45.0 Å². The summed E-state index contributed by atoms with van der Waals surface area (Å²) in [6.45, 7) is 1.65. The number of rotatable bonds is 9. The molecular weight excluding hydrogens is 439 g/mol. The van der Waals surface area contributed by atoms with E-state index in [1.807, 2.05) is 0 Å². The van der Waals surface area contributed by atoms with Gasteiger partial charge in [0.1, 0.15) is 22.8 Å². The Morgan fingerprint density at radius 2 is 1.79 bits per heavy atom. The van der Waals surface area contributed by atoms with Crippen LogP contribution in [0.3, 0.4) is 0 Å². The summed E-state index contributed by atoms with van der Waals surface area (Å²) in [5.74, 6) is -2.50. The molecular formula is C24H24F3NO5. The summed E-state index contributed by atoms with van der Waals surface area (Å²) in [7, 11) is 0. The van der Waals surface area contributed by atoms with Gasteiger partial charge in [0.15, 0.2) is 6.10 Å². The van der Waals surface area contributed by atoms with Gasteiger partial charge in [0.2, 0.25) is 0 Å². The Labute approximate surface area is 188 Å². The van der Waals surface area contributed by atoms with Gasteiger partial charge in [-0.1, -0.05) is 31.2 Å². The Kier molecular flexibility index (Phi) is 7.12. The van der Waals surface area contributed by atoms with Crippen molar-refractivity contribution in [3.05, 3.63) is 65.1 Å². The van der Waals surface area contributed by atoms with Crippen LogP contribution in [0.2, 0.25) is 0 Å². The lowest BCUT2D eigenvalue weighted by molar-refractivity contribution is -0.145. The number of aromatic nitrogens is 1. The molecule has 0 saturated carbocycles. The molecule has 0 aliphatic rings. The highest BCUT2D eigenvalue weighted by Gasteiger charge is 2.24. The van der Waals surface area contributed by atoms with E-state index in [0.717, 1.165) is 6.07 Å². The molecule has 0 spiro atoms. The summed E-state index contributed by atoms with van der Waals surface area (Å²) >= 11 is 0. The maximum atomic E-state index is 14.5. The summed E-state index contributed by atoms with van der Waals surface area (Å²) in [5, 5.41) is 19.3. The van der Waals surface area contributed by atoms with Gasteiger partial charge in [0, 0.05) is 18.2 Å². The van der Waals surface area contributed by atoms with Crippen LogP contribution in [-0.2, 0) is 16.8 Å². The van der Waals surface area contributed by atoms with Crippen LogP contribution in [0.5, 0.6) is 11.5 Å². The summed E-state index contributed by atoms with van der Waals surface area (Å²) < 4.78 is 51.4. The Bertz CT molecular complexity index is 1140. The molecule has 0 aliphatic heterocycles. The second-order valence-corrected chi connectivity index (χ2v) is 8.05. The van der Waals surface area contributed by atoms with Crippen LogP contribution in [0, 0.1) is 5.82 Å². The van der Waals surface area contributed by atoms with Crippen molar-refractivity contribution in [2.75, 3.05) is 0 Å². The molecule has 0 radical (unpaired) electrons. The molecule has 33 heavy (non-hydrogen) atoms. The quantitative estimate of drug-likeness (QED) is 0.463. The summed E-state index contributed by atoms with van der Waals surface area (Å²) in [4.78, 5) is 15.5. The molecule has 176 valence electrons. The van der Waals surface area contributed by atoms with Crippen molar-refractivity contribution in [2.45, 2.75) is 51.9 Å². The molecule has 3 rings (SSSR count). The van der Waals surface area contributed by atoms with Crippen LogP contribution < -0.4 is 9.47 Å². The van der Waals surface area contributed by atoms with E-state index in [0.29, 0.717) is 11.1 Å². The molecule has 1 unspecified atom stereocenters. The van der Waals surface area contributed by atoms with E-state index < -0.39 is 30.1 Å². The maximum Gasteiger partial charge on any atom is 0.387 e. The fourth-order valence-electron chi connectivity index (χ4n) is 3.41. The Morgan fingerprint density at radius 1 is 1.12 bits per heavy atom. The lowest BCUT2D eigenvalue weighted by Gasteiger charge is -2.20. The van der Waals surface area contributed by atoms with Gasteiger partial charge in [-0.05, 0) is 43.5 Å². The zero-order valence-corrected chi connectivity index (χ0v) is 18.3. The lowest BCUT2D eigenvalue weighted by atomic mass is 9.95. The average molecular weight is 463 g/mol. The zero-order chi connectivity index (χ0) is 24.3. The largest absolute Gasteiger partial charge is 0.479 e. The van der Waals surface area contributed by atoms with Crippen molar-refractivity contribution in [1.29, 1.82) is 0 Å². The van der Waals surface area contributed by atoms with Crippen LogP contribution in [0.1, 0.15) is 43.9 Å². The molecule has 0 amide bonds. The number of aliphatic hydroxyl groups is 1. The van der Waals surface area contributed by atoms with Crippen LogP contribution in [0.15, 0.2) is 42.6 Å². The van der Waals surface area contributed by atoms with Gasteiger partial charge in [-0.2, -0.15) is 8.78 Å². The van der Waals surface area contributed by atoms with Gasteiger partial charge in [-0.15, -0.1) is 0 Å². The number of halogens is 3. The average Bonchev–Trinajstić information content (AvgIpc) is 2.74. The molecule has 2 N–H and O–H groups in total. The third kappa shape index (κ3) is 5.54. The third-order valence-electron chi connectivity index (χ3n) is 5.14. The summed E-state index contributed by atoms with van der Waals surface area (Å²) in [5.41, 5.74) is 0.293. The van der Waals surface area contributed by atoms with Crippen molar-refractivity contribution >= 4 is 16.9 Å². The standard InChI is InChI=1S/C24H24F3NO5/c1-4-17(22(29)30)32-18-10-9-16(25)20-19(18)21(33-23(26)27)14(12-28-20)11-13-5-7-15(8-6-13)24(2,3)31/h5-10,12,17,23,31H,4,11H2,1-3H3,(H,29,30). The number of benzene rings is 2. The highest BCUT2D eigenvalue weighted by atomic mass is 19.3. The fraction of sp³-hybridized carbons (Fsp3) is 0.333. The SMILES string of the molecule is CCC(Oc1ccc(F)c2ncc(Cc3ccc(C(C)(C)O)cc3)c(OC(F)F)c12)C(=O)O. The van der Waals surface area contributed by atoms with Crippen LogP contribution >= 0.6 is 0 Å². The Morgan fingerprint density at radius 3 is 2.33 bits per heavy atom. The molecule has 6 nitrogen and oxygen atoms in total. The number of ether oxygens (including phenoxy) is 2. The number of hydrogen-bond donors (Lipinski definition) is 2. The first-order chi connectivity index (χ1) is 15.5. The van der Waals surface area contributed by atoms with Gasteiger partial charge < -0.3 is 19.7 Å². The highest BCUT2D eigenvalue weighted by Crippen LogP contribution is 2.39. The predicted molar refractivity (Wildman–Crippen MR) is 115 cm³/mol. The van der Waals surface area contributed by atoms with E-state index in [4.69, 9.17) is 9.47 Å². The first-order valence-electron chi connectivity index (χ1n) is 10.3. The molecule has 0 aliphatic carbocycles. The molecule has 3 aromatic rings. The van der Waals surface area contributed by atoms with E-state index >= 15 is 0 Å². The first-order valence-corrected chi connectivity index (χ1v) is 10.3. The molecule has 2 aromatic carbocycles. The van der Waals surface area contributed by atoms with Crippen molar-refractivity contribution in [3.8, 4) is 11.5 Å². The molecule has 9 heteroatoms. The van der Waals surface area contributed by atoms with E-state index in [-0.39, 0.29) is 40.8 Å². The Balaban J connectivity index is 2.13. The minimum atomic E-state index is -3.22. The summed E-state index contributed by atoms with van der Waals surface area (Å²) in [6.07, 6.45) is 0.185. The number of alkyl halides is 2. The number of carboxylic acid groups (broad SMARTS) is 1. The fourth-order valence-corrected chi connectivity index (χ4v) is 3.41. The van der Waals surface area contributed by atoms with Crippen LogP contribution in [0.4, 0.5) is 13.2 Å². The first kappa shape index (κ1) is 24.3. The molecule has 0 bridgehead atoms. The number of hydrogen-bond acceptors (Lipinski definition) is 5. The second kappa shape index (κ2) is 9.66. The monoisotopic (exact) mass is 463 g/mol. The molecule has 0 saturated heterocycles. The number of pyridine rings is 1. The van der Waals surface area contributed by atoms with Gasteiger partial charge in [0.05, 0.1) is 11.0 Å². The molecule has 1 atom stereocenters. The minimum Gasteiger partial charge on any atom is -0.479 e. The van der Waals surface area contributed by atoms with Crippen molar-refractivity contribution < 1.29 is 37.7 Å². The predicted octanol–water partition coefficient (Wildman–Crippen LogP) is 5.04. The zero-order valence-electron chi connectivity index (χ0n) is 18.3. The van der Waals surface area contributed by atoms with Crippen molar-refractivity contribution in [3.63, 3.8) is 0 Å². The number of aliphatic carboxylic acids is 1. The number of fused-ring (bicyclic) bond motifs is 1. The molecule has 1 heterocycles. The minimum absolute atomic E-state index is 0.0971. The van der Waals surface area contributed by atoms with E-state index in [1.165, 1.54) is 12.3 Å². The highest BCUT2D eigenvalue weighted by molar-refractivity contribution is 5.93. The third-order valence-corrected chi connectivity index (χ3v) is 5.14. The number of nitrogens with zero attached hydrogens (tertiary/aromatic N) is 1. The smallest absolute Gasteiger partial charge is 0.387 e. The summed E-state index contributed by atoms with van der Waals surface area (Å²) in [6, 6.07) is 9.08. The van der Waals surface area contributed by atoms with Crippen molar-refractivity contribution in [1.82, 2.24) is 4.98 Å². The molecule has 0 fully saturated rings. The van der Waals surface area contributed by atoms with Gasteiger partial charge in [-0.25, -0.2) is 9.18 Å². The molecule has 1 aromatic heterocycles. The van der Waals surface area contributed by atoms with E-state index in [9.17, 15) is 28.2 Å². The number of carbonyl (C=O) groups is 1. The van der Waals surface area contributed by atoms with Crippen LogP contribution in [-0.4, -0.2) is 33.9 Å². The number of carboxylic acids is 1. The lowest BCUT2D eigenvalue weighted by Crippen LogP contribution is -2.26. The topological polar surface area (TPSA) is 88.9 Å². The van der Waals surface area contributed by atoms with Gasteiger partial charge in [0.25, 0.3) is 0 Å². The maximum absolute atomic E-state index is 14.5. The second-order valence-electron chi connectivity index (χ2n) is 8.05. The van der Waals surface area contributed by atoms with Crippen molar-refractivity contribution in [2.24, 2.45) is 0 Å². The van der Waals surface area contributed by atoms with Gasteiger partial charge >= 0.3 is 12.6 Å². The van der Waals surface area contributed by atoms with E-state index in [2.05, 4.69) is 4.98 Å². The Hall–Kier alpha value is -3.33. The van der Waals surface area contributed by atoms with Gasteiger partial charge in [-0.3, -0.25) is 4.98 Å². The normalized spacial score (nSPS) is 12.7. The van der Waals surface area contributed by atoms with Crippen LogP contribution in [0.25, 0.3) is 10.9 Å².